The lowest BCUT2D eigenvalue weighted by Gasteiger charge is -2.17. The van der Waals surface area contributed by atoms with Crippen molar-refractivity contribution in [2.24, 2.45) is 0 Å². The Labute approximate surface area is 154 Å². The van der Waals surface area contributed by atoms with E-state index in [2.05, 4.69) is 19.0 Å². The van der Waals surface area contributed by atoms with Gasteiger partial charge in [0.2, 0.25) is 0 Å². The number of carbonyl (C=O) groups is 1. The summed E-state index contributed by atoms with van der Waals surface area (Å²) in [5, 5.41) is 3.97. The zero-order chi connectivity index (χ0) is 17.2. The molecular formula is C17H19N5OS2. The Morgan fingerprint density at radius 3 is 2.96 bits per heavy atom. The van der Waals surface area contributed by atoms with Crippen LogP contribution in [-0.2, 0) is 25.9 Å². The van der Waals surface area contributed by atoms with E-state index < -0.39 is 0 Å². The summed E-state index contributed by atoms with van der Waals surface area (Å²) in [6.07, 6.45) is 4.69. The molecule has 2 aromatic heterocycles. The SMILES string of the molecule is CN(Cc1ccc2nsnc2c1)C(=O)NCc1nc2c(s1)CCCC2. The van der Waals surface area contributed by atoms with E-state index in [1.165, 1.54) is 35.1 Å². The maximum atomic E-state index is 12.3. The van der Waals surface area contributed by atoms with Crippen molar-refractivity contribution in [2.45, 2.75) is 38.8 Å². The molecule has 2 amide bonds. The van der Waals surface area contributed by atoms with Crippen LogP contribution in [0.5, 0.6) is 0 Å². The van der Waals surface area contributed by atoms with E-state index in [4.69, 9.17) is 0 Å². The molecule has 0 aliphatic heterocycles. The third-order valence-corrected chi connectivity index (χ3v) is 6.08. The summed E-state index contributed by atoms with van der Waals surface area (Å²) in [6, 6.07) is 5.82. The predicted octanol–water partition coefficient (Wildman–Crippen LogP) is 3.37. The van der Waals surface area contributed by atoms with Gasteiger partial charge < -0.3 is 10.2 Å². The van der Waals surface area contributed by atoms with Gasteiger partial charge >= 0.3 is 6.03 Å². The Morgan fingerprint density at radius 2 is 2.08 bits per heavy atom. The molecule has 1 aliphatic rings. The standard InChI is InChI=1S/C17H19N5OS2/c1-22(10-11-6-7-12-14(8-11)21-25-20-12)17(23)18-9-16-19-13-4-2-3-5-15(13)24-16/h6-8H,2-5,9-10H2,1H3,(H,18,23). The van der Waals surface area contributed by atoms with E-state index in [0.717, 1.165) is 34.4 Å². The lowest BCUT2D eigenvalue weighted by Crippen LogP contribution is -2.36. The Kier molecular flexibility index (Phi) is 4.63. The molecule has 1 N–H and O–H groups in total. The first kappa shape index (κ1) is 16.4. The highest BCUT2D eigenvalue weighted by Gasteiger charge is 2.16. The third kappa shape index (κ3) is 3.64. The fraction of sp³-hybridized carbons (Fsp3) is 0.412. The first-order valence-corrected chi connectivity index (χ1v) is 9.91. The van der Waals surface area contributed by atoms with Crippen LogP contribution in [0.2, 0.25) is 0 Å². The van der Waals surface area contributed by atoms with Crippen LogP contribution in [-0.4, -0.2) is 31.7 Å². The van der Waals surface area contributed by atoms with Gasteiger partial charge in [0.1, 0.15) is 16.0 Å². The van der Waals surface area contributed by atoms with E-state index >= 15 is 0 Å². The molecule has 0 radical (unpaired) electrons. The van der Waals surface area contributed by atoms with Gasteiger partial charge in [-0.2, -0.15) is 8.75 Å². The quantitative estimate of drug-likeness (QED) is 0.761. The van der Waals surface area contributed by atoms with E-state index in [1.807, 2.05) is 18.2 Å². The summed E-state index contributed by atoms with van der Waals surface area (Å²) in [6.45, 7) is 1.03. The summed E-state index contributed by atoms with van der Waals surface area (Å²) < 4.78 is 8.44. The summed E-state index contributed by atoms with van der Waals surface area (Å²) in [7, 11) is 1.80. The average molecular weight is 374 g/mol. The van der Waals surface area contributed by atoms with Gasteiger partial charge in [-0.25, -0.2) is 9.78 Å². The first-order valence-electron chi connectivity index (χ1n) is 8.36. The molecule has 4 rings (SSSR count). The maximum Gasteiger partial charge on any atom is 0.317 e. The smallest absolute Gasteiger partial charge is 0.317 e. The topological polar surface area (TPSA) is 71.0 Å². The van der Waals surface area contributed by atoms with E-state index in [1.54, 1.807) is 23.3 Å². The highest BCUT2D eigenvalue weighted by molar-refractivity contribution is 7.11. The highest BCUT2D eigenvalue weighted by Crippen LogP contribution is 2.26. The van der Waals surface area contributed by atoms with Crippen LogP contribution in [0.15, 0.2) is 18.2 Å². The van der Waals surface area contributed by atoms with E-state index in [0.29, 0.717) is 13.1 Å². The minimum absolute atomic E-state index is 0.0929. The number of amides is 2. The Morgan fingerprint density at radius 1 is 1.24 bits per heavy atom. The minimum atomic E-state index is -0.0929. The number of benzene rings is 1. The van der Waals surface area contributed by atoms with Gasteiger partial charge in [0, 0.05) is 18.5 Å². The molecule has 2 heterocycles. The number of nitrogens with one attached hydrogen (secondary N) is 1. The number of thiazole rings is 1. The summed E-state index contributed by atoms with van der Waals surface area (Å²) in [5.41, 5.74) is 4.06. The normalized spacial score (nSPS) is 13.6. The highest BCUT2D eigenvalue weighted by atomic mass is 32.1. The van der Waals surface area contributed by atoms with Crippen molar-refractivity contribution in [3.63, 3.8) is 0 Å². The van der Waals surface area contributed by atoms with Gasteiger partial charge in [-0.3, -0.25) is 0 Å². The number of rotatable bonds is 4. The molecule has 0 bridgehead atoms. The zero-order valence-corrected chi connectivity index (χ0v) is 15.6. The first-order chi connectivity index (χ1) is 12.2. The van der Waals surface area contributed by atoms with Crippen molar-refractivity contribution in [1.82, 2.24) is 23.9 Å². The molecule has 8 heteroatoms. The molecule has 0 atom stereocenters. The van der Waals surface area contributed by atoms with Crippen LogP contribution in [0.3, 0.4) is 0 Å². The number of aryl methyl sites for hydroxylation is 2. The fourth-order valence-electron chi connectivity index (χ4n) is 3.04. The van der Waals surface area contributed by atoms with E-state index in [9.17, 15) is 4.79 Å². The molecule has 130 valence electrons. The van der Waals surface area contributed by atoms with Crippen LogP contribution >= 0.6 is 23.1 Å². The van der Waals surface area contributed by atoms with Crippen molar-refractivity contribution in [1.29, 1.82) is 0 Å². The third-order valence-electron chi connectivity index (χ3n) is 4.37. The van der Waals surface area contributed by atoms with Gasteiger partial charge in [-0.05, 0) is 43.4 Å². The second-order valence-corrected chi connectivity index (χ2v) is 7.98. The van der Waals surface area contributed by atoms with Crippen LogP contribution in [0, 0.1) is 0 Å². The number of carbonyl (C=O) groups excluding carboxylic acids is 1. The van der Waals surface area contributed by atoms with Crippen molar-refractivity contribution in [2.75, 3.05) is 7.05 Å². The molecular weight excluding hydrogens is 354 g/mol. The van der Waals surface area contributed by atoms with Crippen molar-refractivity contribution in [3.05, 3.63) is 39.3 Å². The minimum Gasteiger partial charge on any atom is -0.331 e. The number of nitrogens with zero attached hydrogens (tertiary/aromatic N) is 4. The summed E-state index contributed by atoms with van der Waals surface area (Å²) in [4.78, 5) is 20.1. The Balaban J connectivity index is 1.34. The maximum absolute atomic E-state index is 12.3. The van der Waals surface area contributed by atoms with Crippen LogP contribution in [0.25, 0.3) is 11.0 Å². The lowest BCUT2D eigenvalue weighted by atomic mass is 10.0. The van der Waals surface area contributed by atoms with Crippen LogP contribution in [0.1, 0.15) is 34.0 Å². The van der Waals surface area contributed by atoms with Gasteiger partial charge in [0.15, 0.2) is 0 Å². The second kappa shape index (κ2) is 7.05. The van der Waals surface area contributed by atoms with Crippen LogP contribution < -0.4 is 5.32 Å². The Hall–Kier alpha value is -2.06. The number of hydrogen-bond donors (Lipinski definition) is 1. The molecule has 1 aliphatic carbocycles. The molecule has 1 aromatic carbocycles. The molecule has 0 fully saturated rings. The monoisotopic (exact) mass is 373 g/mol. The number of aromatic nitrogens is 3. The second-order valence-electron chi connectivity index (χ2n) is 6.29. The molecule has 0 unspecified atom stereocenters. The largest absolute Gasteiger partial charge is 0.331 e. The van der Waals surface area contributed by atoms with Gasteiger partial charge in [0.05, 0.1) is 24.0 Å². The van der Waals surface area contributed by atoms with E-state index in [-0.39, 0.29) is 6.03 Å². The lowest BCUT2D eigenvalue weighted by molar-refractivity contribution is 0.206. The summed E-state index contributed by atoms with van der Waals surface area (Å²) in [5.74, 6) is 0. The number of fused-ring (bicyclic) bond motifs is 2. The average Bonchev–Trinajstić information content (AvgIpc) is 3.25. The molecule has 0 saturated carbocycles. The predicted molar refractivity (Wildman–Crippen MR) is 99.9 cm³/mol. The van der Waals surface area contributed by atoms with Crippen molar-refractivity contribution >= 4 is 40.1 Å². The molecule has 0 spiro atoms. The van der Waals surface area contributed by atoms with Gasteiger partial charge in [-0.15, -0.1) is 11.3 Å². The molecule has 6 nitrogen and oxygen atoms in total. The Bertz CT molecular complexity index is 880. The van der Waals surface area contributed by atoms with Gasteiger partial charge in [0.25, 0.3) is 0 Å². The zero-order valence-electron chi connectivity index (χ0n) is 14.0. The number of hydrogen-bond acceptors (Lipinski definition) is 6. The molecule has 25 heavy (non-hydrogen) atoms. The van der Waals surface area contributed by atoms with Crippen molar-refractivity contribution in [3.8, 4) is 0 Å². The fourth-order valence-corrected chi connectivity index (χ4v) is 4.65. The van der Waals surface area contributed by atoms with Crippen LogP contribution in [0.4, 0.5) is 4.79 Å². The van der Waals surface area contributed by atoms with Gasteiger partial charge in [-0.1, -0.05) is 6.07 Å². The molecule has 0 saturated heterocycles. The molecule has 3 aromatic rings. The summed E-state index contributed by atoms with van der Waals surface area (Å²) >= 11 is 2.94. The van der Waals surface area contributed by atoms with Crippen molar-refractivity contribution < 1.29 is 4.79 Å². The number of urea groups is 1.